The second kappa shape index (κ2) is 7.78. The average Bonchev–Trinajstić information content (AvgIpc) is 2.59. The number of benzene rings is 1. The Hall–Kier alpha value is -1.63. The third-order valence-corrected chi connectivity index (χ3v) is 6.17. The summed E-state index contributed by atoms with van der Waals surface area (Å²) in [7, 11) is 0. The molecule has 2 aliphatic rings. The van der Waals surface area contributed by atoms with Crippen LogP contribution in [-0.2, 0) is 14.3 Å². The summed E-state index contributed by atoms with van der Waals surface area (Å²) in [5.41, 5.74) is 4.05. The molecule has 1 unspecified atom stereocenters. The first kappa shape index (κ1) is 20.1. The number of halogens is 1. The maximum Gasteiger partial charge on any atom is 0.336 e. The lowest BCUT2D eigenvalue weighted by atomic mass is 9.68. The highest BCUT2D eigenvalue weighted by molar-refractivity contribution is 14.1. The predicted molar refractivity (Wildman–Crippen MR) is 114 cm³/mol. The van der Waals surface area contributed by atoms with E-state index < -0.39 is 0 Å². The van der Waals surface area contributed by atoms with Crippen LogP contribution in [0.5, 0.6) is 0 Å². The topological polar surface area (TPSA) is 55.4 Å². The Morgan fingerprint density at radius 3 is 2.59 bits per heavy atom. The average molecular weight is 479 g/mol. The number of Topliss-reactive ketones (excluding diaryl/α,β-unsaturated/α-hetero) is 1. The van der Waals surface area contributed by atoms with Crippen molar-refractivity contribution in [3.05, 3.63) is 55.9 Å². The zero-order valence-corrected chi connectivity index (χ0v) is 18.5. The molecule has 1 aromatic rings. The van der Waals surface area contributed by atoms with Crippen molar-refractivity contribution in [3.8, 4) is 0 Å². The first-order valence-corrected chi connectivity index (χ1v) is 10.5. The Balaban J connectivity index is 2.24. The number of hydrogen-bond donors (Lipinski definition) is 1. The number of ketones is 1. The Morgan fingerprint density at radius 1 is 1.26 bits per heavy atom. The molecule has 4 nitrogen and oxygen atoms in total. The van der Waals surface area contributed by atoms with Gasteiger partial charge in [0.15, 0.2) is 5.78 Å². The molecule has 1 N–H and O–H groups in total. The summed E-state index contributed by atoms with van der Waals surface area (Å²) >= 11 is 2.29. The van der Waals surface area contributed by atoms with Gasteiger partial charge in [0.05, 0.1) is 12.2 Å². The van der Waals surface area contributed by atoms with Crippen molar-refractivity contribution >= 4 is 34.3 Å². The fourth-order valence-electron chi connectivity index (χ4n) is 4.10. The van der Waals surface area contributed by atoms with Gasteiger partial charge in [0.25, 0.3) is 0 Å². The zero-order chi connectivity index (χ0) is 19.8. The molecule has 144 valence electrons. The van der Waals surface area contributed by atoms with Crippen molar-refractivity contribution in [1.29, 1.82) is 0 Å². The number of rotatable bonds is 4. The highest BCUT2D eigenvalue weighted by Gasteiger charge is 2.43. The molecule has 1 atom stereocenters. The molecular weight excluding hydrogens is 453 g/mol. The summed E-state index contributed by atoms with van der Waals surface area (Å²) in [4.78, 5) is 26.1. The first-order valence-electron chi connectivity index (χ1n) is 9.47. The SMILES string of the molecule is CCOC(=O)C1=C(CC)NC2=C(C(=O)CC(C)(C)C2)C1c1ccccc1I. The molecule has 0 amide bonds. The summed E-state index contributed by atoms with van der Waals surface area (Å²) < 4.78 is 6.43. The van der Waals surface area contributed by atoms with Crippen molar-refractivity contribution in [1.82, 2.24) is 5.32 Å². The summed E-state index contributed by atoms with van der Waals surface area (Å²) in [6, 6.07) is 7.97. The highest BCUT2D eigenvalue weighted by Crippen LogP contribution is 2.47. The van der Waals surface area contributed by atoms with Crippen molar-refractivity contribution in [2.24, 2.45) is 5.41 Å². The van der Waals surface area contributed by atoms with Gasteiger partial charge in [-0.25, -0.2) is 4.79 Å². The molecule has 1 aliphatic heterocycles. The van der Waals surface area contributed by atoms with E-state index in [0.717, 1.165) is 32.5 Å². The number of allylic oxidation sites excluding steroid dienone is 3. The van der Waals surface area contributed by atoms with E-state index in [-0.39, 0.29) is 23.1 Å². The normalized spacial score (nSPS) is 21.7. The van der Waals surface area contributed by atoms with Crippen LogP contribution in [0.4, 0.5) is 0 Å². The molecule has 5 heteroatoms. The molecule has 1 heterocycles. The third-order valence-electron chi connectivity index (χ3n) is 5.19. The quantitative estimate of drug-likeness (QED) is 0.496. The fourth-order valence-corrected chi connectivity index (χ4v) is 4.80. The fraction of sp³-hybridized carbons (Fsp3) is 0.455. The number of esters is 1. The minimum atomic E-state index is -0.369. The van der Waals surface area contributed by atoms with Crippen LogP contribution in [0.2, 0.25) is 0 Å². The molecule has 3 rings (SSSR count). The Bertz CT molecular complexity index is 851. The second-order valence-corrected chi connectivity index (χ2v) is 9.04. The van der Waals surface area contributed by atoms with Crippen LogP contribution in [0.1, 0.15) is 58.4 Å². The summed E-state index contributed by atoms with van der Waals surface area (Å²) in [6.45, 7) is 8.38. The smallest absolute Gasteiger partial charge is 0.336 e. The van der Waals surface area contributed by atoms with E-state index in [1.165, 1.54) is 0 Å². The maximum absolute atomic E-state index is 13.2. The van der Waals surface area contributed by atoms with E-state index in [9.17, 15) is 9.59 Å². The highest BCUT2D eigenvalue weighted by atomic mass is 127. The molecule has 0 spiro atoms. The molecule has 0 bridgehead atoms. The van der Waals surface area contributed by atoms with E-state index in [4.69, 9.17) is 4.74 Å². The molecule has 1 aliphatic carbocycles. The number of nitrogens with one attached hydrogen (secondary N) is 1. The minimum absolute atomic E-state index is 0.0857. The lowest BCUT2D eigenvalue weighted by molar-refractivity contribution is -0.138. The largest absolute Gasteiger partial charge is 0.463 e. The van der Waals surface area contributed by atoms with Crippen LogP contribution >= 0.6 is 22.6 Å². The molecule has 1 aromatic carbocycles. The van der Waals surface area contributed by atoms with Gasteiger partial charge in [-0.2, -0.15) is 0 Å². The zero-order valence-electron chi connectivity index (χ0n) is 16.3. The van der Waals surface area contributed by atoms with Crippen LogP contribution in [-0.4, -0.2) is 18.4 Å². The van der Waals surface area contributed by atoms with Gasteiger partial charge in [-0.05, 0) is 59.4 Å². The number of carbonyl (C=O) groups excluding carboxylic acids is 2. The van der Waals surface area contributed by atoms with E-state index in [1.54, 1.807) is 6.92 Å². The van der Waals surface area contributed by atoms with E-state index in [0.29, 0.717) is 25.0 Å². The van der Waals surface area contributed by atoms with Crippen molar-refractivity contribution in [3.63, 3.8) is 0 Å². The predicted octanol–water partition coefficient (Wildman–Crippen LogP) is 4.85. The molecule has 0 saturated heterocycles. The number of hydrogen-bond acceptors (Lipinski definition) is 4. The maximum atomic E-state index is 13.2. The van der Waals surface area contributed by atoms with Gasteiger partial charge in [-0.3, -0.25) is 4.79 Å². The van der Waals surface area contributed by atoms with E-state index in [2.05, 4.69) is 41.8 Å². The lowest BCUT2D eigenvalue weighted by Crippen LogP contribution is -2.39. The van der Waals surface area contributed by atoms with Gasteiger partial charge in [0, 0.05) is 32.9 Å². The summed E-state index contributed by atoms with van der Waals surface area (Å²) in [5, 5.41) is 3.43. The van der Waals surface area contributed by atoms with Gasteiger partial charge in [0.2, 0.25) is 0 Å². The standard InChI is InChI=1S/C22H26INO3/c1-5-15-20(21(26)27-6-2)18(13-9-7-8-10-14(13)23)19-16(24-15)11-22(3,4)12-17(19)25/h7-10,18,24H,5-6,11-12H2,1-4H3. The number of carbonyl (C=O) groups is 2. The van der Waals surface area contributed by atoms with Crippen LogP contribution in [0.15, 0.2) is 46.8 Å². The molecule has 0 fully saturated rings. The molecular formula is C22H26INO3. The van der Waals surface area contributed by atoms with Crippen molar-refractivity contribution in [2.75, 3.05) is 6.61 Å². The van der Waals surface area contributed by atoms with Crippen LogP contribution in [0.3, 0.4) is 0 Å². The molecule has 0 aromatic heterocycles. The summed E-state index contributed by atoms with van der Waals surface area (Å²) in [6.07, 6.45) is 1.97. The van der Waals surface area contributed by atoms with Gasteiger partial charge < -0.3 is 10.1 Å². The molecule has 0 saturated carbocycles. The molecule has 0 radical (unpaired) electrons. The van der Waals surface area contributed by atoms with Crippen LogP contribution in [0.25, 0.3) is 0 Å². The lowest BCUT2D eigenvalue weighted by Gasteiger charge is -2.40. The van der Waals surface area contributed by atoms with Gasteiger partial charge >= 0.3 is 5.97 Å². The van der Waals surface area contributed by atoms with Crippen molar-refractivity contribution in [2.45, 2.75) is 52.9 Å². The first-order chi connectivity index (χ1) is 12.8. The van der Waals surface area contributed by atoms with Gasteiger partial charge in [-0.1, -0.05) is 39.0 Å². The Labute approximate surface area is 174 Å². The van der Waals surface area contributed by atoms with Gasteiger partial charge in [0.1, 0.15) is 0 Å². The van der Waals surface area contributed by atoms with Crippen molar-refractivity contribution < 1.29 is 14.3 Å². The van der Waals surface area contributed by atoms with Crippen LogP contribution < -0.4 is 5.32 Å². The van der Waals surface area contributed by atoms with E-state index >= 15 is 0 Å². The van der Waals surface area contributed by atoms with Crippen LogP contribution in [0, 0.1) is 8.99 Å². The minimum Gasteiger partial charge on any atom is -0.463 e. The Morgan fingerprint density at radius 2 is 1.96 bits per heavy atom. The third kappa shape index (κ3) is 3.84. The molecule has 27 heavy (non-hydrogen) atoms. The van der Waals surface area contributed by atoms with Gasteiger partial charge in [-0.15, -0.1) is 0 Å². The number of dihydropyridines is 1. The number of ether oxygens (including phenoxy) is 1. The monoisotopic (exact) mass is 479 g/mol. The Kier molecular flexibility index (Phi) is 5.79. The summed E-state index contributed by atoms with van der Waals surface area (Å²) in [5.74, 6) is -0.585. The second-order valence-electron chi connectivity index (χ2n) is 7.88. The van der Waals surface area contributed by atoms with E-state index in [1.807, 2.05) is 31.2 Å².